The maximum Gasteiger partial charge on any atom is 0.335 e. The minimum absolute atomic E-state index is 0.0367. The molecule has 0 unspecified atom stereocenters. The summed E-state index contributed by atoms with van der Waals surface area (Å²) in [6.07, 6.45) is 0. The molecule has 6 heteroatoms. The van der Waals surface area contributed by atoms with Gasteiger partial charge in [-0.05, 0) is 42.0 Å². The minimum Gasteiger partial charge on any atom is -0.489 e. The third-order valence-corrected chi connectivity index (χ3v) is 4.14. The number of aromatic carboxylic acids is 1. The summed E-state index contributed by atoms with van der Waals surface area (Å²) in [6.45, 7) is 0.387. The van der Waals surface area contributed by atoms with Crippen molar-refractivity contribution in [1.29, 1.82) is 0 Å². The number of halogens is 1. The van der Waals surface area contributed by atoms with Gasteiger partial charge in [0.25, 0.3) is 5.91 Å². The lowest BCUT2D eigenvalue weighted by Crippen LogP contribution is -2.13. The molecule has 0 aromatic heterocycles. The minimum atomic E-state index is -1.10. The molecule has 0 bridgehead atoms. The first-order chi connectivity index (χ1) is 13.0. The molecule has 136 valence electrons. The van der Waals surface area contributed by atoms with Crippen LogP contribution in [-0.2, 0) is 6.61 Å². The van der Waals surface area contributed by atoms with E-state index in [1.807, 2.05) is 30.3 Å². The zero-order chi connectivity index (χ0) is 19.2. The second-order valence-corrected chi connectivity index (χ2v) is 6.16. The van der Waals surface area contributed by atoms with Crippen molar-refractivity contribution in [3.8, 4) is 5.75 Å². The molecular weight excluding hydrogens is 366 g/mol. The highest BCUT2D eigenvalue weighted by atomic mass is 35.5. The third kappa shape index (κ3) is 4.86. The molecule has 0 aliphatic rings. The lowest BCUT2D eigenvalue weighted by atomic mass is 10.1. The summed E-state index contributed by atoms with van der Waals surface area (Å²) in [5, 5.41) is 12.0. The average molecular weight is 382 g/mol. The number of carbonyl (C=O) groups excluding carboxylic acids is 1. The quantitative estimate of drug-likeness (QED) is 0.638. The van der Waals surface area contributed by atoms with Gasteiger partial charge in [-0.3, -0.25) is 4.79 Å². The Bertz CT molecular complexity index is 973. The number of nitrogens with one attached hydrogen (secondary N) is 1. The number of rotatable bonds is 6. The van der Waals surface area contributed by atoms with Gasteiger partial charge in [0.15, 0.2) is 0 Å². The Labute approximate surface area is 161 Å². The summed E-state index contributed by atoms with van der Waals surface area (Å²) >= 11 is 6.05. The molecule has 0 spiro atoms. The van der Waals surface area contributed by atoms with Gasteiger partial charge >= 0.3 is 5.97 Å². The zero-order valence-corrected chi connectivity index (χ0v) is 14.9. The molecule has 0 radical (unpaired) electrons. The smallest absolute Gasteiger partial charge is 0.335 e. The predicted molar refractivity (Wildman–Crippen MR) is 104 cm³/mol. The molecule has 0 saturated carbocycles. The van der Waals surface area contributed by atoms with Crippen molar-refractivity contribution in [2.45, 2.75) is 6.61 Å². The second kappa shape index (κ2) is 8.38. The Morgan fingerprint density at radius 3 is 2.44 bits per heavy atom. The Morgan fingerprint density at radius 1 is 0.926 bits per heavy atom. The number of hydrogen-bond donors (Lipinski definition) is 2. The van der Waals surface area contributed by atoms with Crippen molar-refractivity contribution >= 4 is 29.2 Å². The molecular formula is C21H16ClNO4. The van der Waals surface area contributed by atoms with Gasteiger partial charge in [0.2, 0.25) is 0 Å². The van der Waals surface area contributed by atoms with Crippen molar-refractivity contribution in [3.63, 3.8) is 0 Å². The fourth-order valence-corrected chi connectivity index (χ4v) is 2.58. The Kier molecular flexibility index (Phi) is 5.74. The largest absolute Gasteiger partial charge is 0.489 e. The van der Waals surface area contributed by atoms with E-state index in [1.54, 1.807) is 24.3 Å². The predicted octanol–water partition coefficient (Wildman–Crippen LogP) is 4.87. The highest BCUT2D eigenvalue weighted by Crippen LogP contribution is 2.24. The molecule has 0 fully saturated rings. The van der Waals surface area contributed by atoms with Gasteiger partial charge in [-0.25, -0.2) is 4.79 Å². The van der Waals surface area contributed by atoms with E-state index in [2.05, 4.69) is 5.32 Å². The van der Waals surface area contributed by atoms with Crippen LogP contribution in [0, 0.1) is 0 Å². The van der Waals surface area contributed by atoms with Gasteiger partial charge < -0.3 is 15.2 Å². The first-order valence-corrected chi connectivity index (χ1v) is 8.52. The number of carbonyl (C=O) groups is 2. The molecule has 0 aliphatic heterocycles. The molecule has 2 N–H and O–H groups in total. The fraction of sp³-hybridized carbons (Fsp3) is 0.0476. The standard InChI is InChI=1S/C21H16ClNO4/c22-18-10-9-16(21(25)26)12-19(18)23-20(24)15-7-4-8-17(11-15)27-13-14-5-2-1-3-6-14/h1-12H,13H2,(H,23,24)(H,25,26). The van der Waals surface area contributed by atoms with E-state index in [0.717, 1.165) is 5.56 Å². The van der Waals surface area contributed by atoms with Gasteiger partial charge in [0, 0.05) is 5.56 Å². The van der Waals surface area contributed by atoms with Crippen LogP contribution in [0.3, 0.4) is 0 Å². The molecule has 5 nitrogen and oxygen atoms in total. The highest BCUT2D eigenvalue weighted by Gasteiger charge is 2.12. The molecule has 0 aliphatic carbocycles. The SMILES string of the molecule is O=C(O)c1ccc(Cl)c(NC(=O)c2cccc(OCc3ccccc3)c2)c1. The van der Waals surface area contributed by atoms with E-state index >= 15 is 0 Å². The Balaban J connectivity index is 1.72. The van der Waals surface area contributed by atoms with E-state index in [0.29, 0.717) is 17.9 Å². The van der Waals surface area contributed by atoms with E-state index in [1.165, 1.54) is 18.2 Å². The molecule has 3 aromatic rings. The maximum atomic E-state index is 12.5. The number of ether oxygens (including phenoxy) is 1. The molecule has 0 atom stereocenters. The molecule has 27 heavy (non-hydrogen) atoms. The number of anilines is 1. The summed E-state index contributed by atoms with van der Waals surface area (Å²) in [4.78, 5) is 23.6. The van der Waals surface area contributed by atoms with Crippen LogP contribution >= 0.6 is 11.6 Å². The summed E-state index contributed by atoms with van der Waals surface area (Å²) in [6, 6.07) is 20.5. The fourth-order valence-electron chi connectivity index (χ4n) is 2.42. The second-order valence-electron chi connectivity index (χ2n) is 5.76. The van der Waals surface area contributed by atoms with Crippen LogP contribution in [0.2, 0.25) is 5.02 Å². The number of carboxylic acid groups (broad SMARTS) is 1. The molecule has 0 saturated heterocycles. The van der Waals surface area contributed by atoms with Crippen molar-refractivity contribution < 1.29 is 19.4 Å². The van der Waals surface area contributed by atoms with Gasteiger partial charge in [0.05, 0.1) is 16.3 Å². The number of carboxylic acids is 1. The van der Waals surface area contributed by atoms with Crippen LogP contribution in [0.1, 0.15) is 26.3 Å². The first kappa shape index (κ1) is 18.5. The van der Waals surface area contributed by atoms with Crippen molar-refractivity contribution in [2.75, 3.05) is 5.32 Å². The topological polar surface area (TPSA) is 75.6 Å². The summed E-state index contributed by atoms with van der Waals surface area (Å²) < 4.78 is 5.72. The number of benzene rings is 3. The Hall–Kier alpha value is -3.31. The lowest BCUT2D eigenvalue weighted by molar-refractivity contribution is 0.0696. The first-order valence-electron chi connectivity index (χ1n) is 8.14. The van der Waals surface area contributed by atoms with Crippen LogP contribution in [0.25, 0.3) is 0 Å². The maximum absolute atomic E-state index is 12.5. The van der Waals surface area contributed by atoms with E-state index in [-0.39, 0.29) is 16.3 Å². The van der Waals surface area contributed by atoms with E-state index < -0.39 is 11.9 Å². The van der Waals surface area contributed by atoms with Crippen LogP contribution in [0.4, 0.5) is 5.69 Å². The highest BCUT2D eigenvalue weighted by molar-refractivity contribution is 6.34. The van der Waals surface area contributed by atoms with Crippen LogP contribution in [0.5, 0.6) is 5.75 Å². The molecule has 3 aromatic carbocycles. The summed E-state index contributed by atoms with van der Waals surface area (Å²) in [5.41, 5.74) is 1.66. The monoisotopic (exact) mass is 381 g/mol. The van der Waals surface area contributed by atoms with Crippen molar-refractivity contribution in [2.24, 2.45) is 0 Å². The summed E-state index contributed by atoms with van der Waals surface area (Å²) in [7, 11) is 0. The lowest BCUT2D eigenvalue weighted by Gasteiger charge is -2.10. The van der Waals surface area contributed by atoms with Crippen LogP contribution in [0.15, 0.2) is 72.8 Å². The molecule has 1 amide bonds. The van der Waals surface area contributed by atoms with E-state index in [4.69, 9.17) is 21.4 Å². The third-order valence-electron chi connectivity index (χ3n) is 3.81. The average Bonchev–Trinajstić information content (AvgIpc) is 2.69. The van der Waals surface area contributed by atoms with E-state index in [9.17, 15) is 9.59 Å². The van der Waals surface area contributed by atoms with Crippen LogP contribution < -0.4 is 10.1 Å². The zero-order valence-electron chi connectivity index (χ0n) is 14.2. The summed E-state index contributed by atoms with van der Waals surface area (Å²) in [5.74, 6) is -0.958. The Morgan fingerprint density at radius 2 is 1.70 bits per heavy atom. The van der Waals surface area contributed by atoms with Gasteiger partial charge in [-0.1, -0.05) is 48.0 Å². The van der Waals surface area contributed by atoms with Gasteiger partial charge in [-0.15, -0.1) is 0 Å². The molecule has 3 rings (SSSR count). The van der Waals surface area contributed by atoms with Crippen LogP contribution in [-0.4, -0.2) is 17.0 Å². The van der Waals surface area contributed by atoms with Crippen molar-refractivity contribution in [3.05, 3.63) is 94.5 Å². The number of amides is 1. The number of hydrogen-bond acceptors (Lipinski definition) is 3. The van der Waals surface area contributed by atoms with Gasteiger partial charge in [-0.2, -0.15) is 0 Å². The van der Waals surface area contributed by atoms with Gasteiger partial charge in [0.1, 0.15) is 12.4 Å². The molecule has 0 heterocycles. The van der Waals surface area contributed by atoms with Crippen molar-refractivity contribution in [1.82, 2.24) is 0 Å². The normalized spacial score (nSPS) is 10.3.